The number of rotatable bonds is 3. The van der Waals surface area contributed by atoms with Crippen LogP contribution < -0.4 is 10.9 Å². The highest BCUT2D eigenvalue weighted by molar-refractivity contribution is 8.01. The number of carbonyl (C=O) groups is 2. The minimum Gasteiger partial charge on any atom is -0.272 e. The molecule has 0 aromatic heterocycles. The van der Waals surface area contributed by atoms with Crippen molar-refractivity contribution >= 4 is 35.2 Å². The van der Waals surface area contributed by atoms with E-state index in [1.54, 1.807) is 24.3 Å². The average molecular weight is 301 g/mol. The first-order valence-electron chi connectivity index (χ1n) is 5.76. The summed E-state index contributed by atoms with van der Waals surface area (Å²) in [5.41, 5.74) is 5.17. The topological polar surface area (TPSA) is 58.2 Å². The Labute approximate surface area is 122 Å². The quantitative estimate of drug-likeness (QED) is 0.844. The fourth-order valence-corrected chi connectivity index (χ4v) is 1.88. The Morgan fingerprint density at radius 3 is 2.26 bits per heavy atom. The number of hydrogen-bond donors (Lipinski definition) is 2. The summed E-state index contributed by atoms with van der Waals surface area (Å²) < 4.78 is 0.0114. The zero-order valence-corrected chi connectivity index (χ0v) is 12.7. The maximum atomic E-state index is 11.7. The Morgan fingerprint density at radius 1 is 1.16 bits per heavy atom. The maximum absolute atomic E-state index is 11.7. The highest BCUT2D eigenvalue weighted by atomic mass is 35.5. The molecule has 2 amide bonds. The molecule has 0 bridgehead atoms. The van der Waals surface area contributed by atoms with E-state index in [0.717, 1.165) is 0 Å². The van der Waals surface area contributed by atoms with Gasteiger partial charge in [0.25, 0.3) is 5.91 Å². The fourth-order valence-electron chi connectivity index (χ4n) is 1.12. The van der Waals surface area contributed by atoms with Gasteiger partial charge in [-0.3, -0.25) is 20.4 Å². The molecule has 1 aromatic rings. The summed E-state index contributed by atoms with van der Waals surface area (Å²) in [7, 11) is 0. The first-order valence-corrected chi connectivity index (χ1v) is 7.13. The lowest BCUT2D eigenvalue weighted by atomic mass is 10.2. The van der Waals surface area contributed by atoms with E-state index in [2.05, 4.69) is 10.9 Å². The van der Waals surface area contributed by atoms with Crippen LogP contribution in [0.15, 0.2) is 24.3 Å². The van der Waals surface area contributed by atoms with Crippen LogP contribution in [-0.2, 0) is 4.79 Å². The number of thioether (sulfide) groups is 1. The molecule has 0 aliphatic rings. The third-order valence-electron chi connectivity index (χ3n) is 2.06. The second kappa shape index (κ2) is 6.82. The van der Waals surface area contributed by atoms with Gasteiger partial charge in [0.1, 0.15) is 0 Å². The predicted molar refractivity (Wildman–Crippen MR) is 79.3 cm³/mol. The van der Waals surface area contributed by atoms with Crippen molar-refractivity contribution in [3.8, 4) is 0 Å². The van der Waals surface area contributed by atoms with Crippen LogP contribution in [0.5, 0.6) is 0 Å². The Kier molecular flexibility index (Phi) is 5.69. The summed E-state index contributed by atoms with van der Waals surface area (Å²) in [4.78, 5) is 23.2. The maximum Gasteiger partial charge on any atom is 0.269 e. The van der Waals surface area contributed by atoms with E-state index in [-0.39, 0.29) is 16.6 Å². The van der Waals surface area contributed by atoms with Crippen molar-refractivity contribution in [3.05, 3.63) is 34.9 Å². The van der Waals surface area contributed by atoms with Crippen LogP contribution in [0.1, 0.15) is 31.1 Å². The van der Waals surface area contributed by atoms with Crippen molar-refractivity contribution in [2.24, 2.45) is 0 Å². The Morgan fingerprint density at radius 2 is 1.74 bits per heavy atom. The van der Waals surface area contributed by atoms with Gasteiger partial charge >= 0.3 is 0 Å². The van der Waals surface area contributed by atoms with E-state index in [0.29, 0.717) is 16.3 Å². The molecule has 0 spiro atoms. The minimum absolute atomic E-state index is 0.0114. The van der Waals surface area contributed by atoms with Gasteiger partial charge in [-0.25, -0.2) is 0 Å². The van der Waals surface area contributed by atoms with Gasteiger partial charge in [0, 0.05) is 15.3 Å². The molecule has 0 atom stereocenters. The summed E-state index contributed by atoms with van der Waals surface area (Å²) >= 11 is 7.23. The van der Waals surface area contributed by atoms with Gasteiger partial charge in [0.2, 0.25) is 5.91 Å². The molecule has 1 aromatic carbocycles. The zero-order valence-electron chi connectivity index (χ0n) is 11.1. The van der Waals surface area contributed by atoms with Crippen molar-refractivity contribution in [2.45, 2.75) is 25.5 Å². The fraction of sp³-hybridized carbons (Fsp3) is 0.385. The molecule has 0 radical (unpaired) electrons. The minimum atomic E-state index is -0.370. The molecular formula is C13H17ClN2O2S. The molecule has 1 rings (SSSR count). The summed E-state index contributed by atoms with van der Waals surface area (Å²) in [6.07, 6.45) is 0. The molecule has 6 heteroatoms. The van der Waals surface area contributed by atoms with Crippen molar-refractivity contribution in [3.63, 3.8) is 0 Å². The molecule has 0 fully saturated rings. The summed E-state index contributed by atoms with van der Waals surface area (Å²) in [5.74, 6) is -0.308. The van der Waals surface area contributed by atoms with Gasteiger partial charge in [-0.05, 0) is 24.3 Å². The molecule has 0 aliphatic heterocycles. The molecular weight excluding hydrogens is 284 g/mol. The van der Waals surface area contributed by atoms with Crippen molar-refractivity contribution in [1.29, 1.82) is 0 Å². The predicted octanol–water partition coefficient (Wildman–Crippen LogP) is 2.63. The van der Waals surface area contributed by atoms with E-state index in [1.807, 2.05) is 20.8 Å². The lowest BCUT2D eigenvalue weighted by molar-refractivity contribution is -0.119. The van der Waals surface area contributed by atoms with Gasteiger partial charge in [-0.15, -0.1) is 11.8 Å². The van der Waals surface area contributed by atoms with Crippen LogP contribution in [0.4, 0.5) is 0 Å². The van der Waals surface area contributed by atoms with Crippen LogP contribution in [0, 0.1) is 0 Å². The lowest BCUT2D eigenvalue weighted by Gasteiger charge is -2.17. The molecule has 2 N–H and O–H groups in total. The second-order valence-electron chi connectivity index (χ2n) is 4.91. The first kappa shape index (κ1) is 15.9. The van der Waals surface area contributed by atoms with Crippen molar-refractivity contribution in [2.75, 3.05) is 5.75 Å². The normalized spacial score (nSPS) is 10.9. The molecule has 0 saturated heterocycles. The van der Waals surface area contributed by atoms with Gasteiger partial charge < -0.3 is 0 Å². The Hall–Kier alpha value is -1.20. The van der Waals surface area contributed by atoms with E-state index in [9.17, 15) is 9.59 Å². The third kappa shape index (κ3) is 6.50. The van der Waals surface area contributed by atoms with E-state index < -0.39 is 0 Å². The molecule has 0 heterocycles. The van der Waals surface area contributed by atoms with E-state index in [1.165, 1.54) is 11.8 Å². The Bertz CT molecular complexity index is 455. The number of carbonyl (C=O) groups excluding carboxylic acids is 2. The number of hydrazine groups is 1. The zero-order chi connectivity index (χ0) is 14.5. The summed E-state index contributed by atoms with van der Waals surface area (Å²) in [6, 6.07) is 6.42. The molecule has 4 nitrogen and oxygen atoms in total. The number of halogens is 1. The summed E-state index contributed by atoms with van der Waals surface area (Å²) in [5, 5.41) is 0.558. The van der Waals surface area contributed by atoms with Crippen LogP contribution in [0.3, 0.4) is 0 Å². The van der Waals surface area contributed by atoms with E-state index >= 15 is 0 Å². The number of hydrogen-bond acceptors (Lipinski definition) is 3. The van der Waals surface area contributed by atoms with Crippen LogP contribution in [0.25, 0.3) is 0 Å². The monoisotopic (exact) mass is 300 g/mol. The average Bonchev–Trinajstić information content (AvgIpc) is 2.33. The van der Waals surface area contributed by atoms with Crippen LogP contribution in [-0.4, -0.2) is 22.3 Å². The number of amides is 2. The highest BCUT2D eigenvalue weighted by Crippen LogP contribution is 2.22. The van der Waals surface area contributed by atoms with Gasteiger partial charge in [-0.1, -0.05) is 32.4 Å². The second-order valence-corrected chi connectivity index (χ2v) is 7.15. The van der Waals surface area contributed by atoms with Crippen molar-refractivity contribution < 1.29 is 9.59 Å². The number of nitrogens with one attached hydrogen (secondary N) is 2. The van der Waals surface area contributed by atoms with Gasteiger partial charge in [0.15, 0.2) is 0 Å². The van der Waals surface area contributed by atoms with Crippen molar-refractivity contribution in [1.82, 2.24) is 10.9 Å². The molecule has 0 aliphatic carbocycles. The Balaban J connectivity index is 2.38. The third-order valence-corrected chi connectivity index (χ3v) is 3.58. The van der Waals surface area contributed by atoms with Gasteiger partial charge in [0.05, 0.1) is 5.75 Å². The molecule has 0 unspecified atom stereocenters. The SMILES string of the molecule is CC(C)(C)SCC(=O)NNC(=O)c1ccc(Cl)cc1. The van der Waals surface area contributed by atoms with Gasteiger partial charge in [-0.2, -0.15) is 0 Å². The molecule has 104 valence electrons. The first-order chi connectivity index (χ1) is 8.78. The summed E-state index contributed by atoms with van der Waals surface area (Å²) in [6.45, 7) is 6.08. The highest BCUT2D eigenvalue weighted by Gasteiger charge is 2.14. The lowest BCUT2D eigenvalue weighted by Crippen LogP contribution is -2.42. The van der Waals surface area contributed by atoms with Crippen LogP contribution >= 0.6 is 23.4 Å². The largest absolute Gasteiger partial charge is 0.272 e. The van der Waals surface area contributed by atoms with E-state index in [4.69, 9.17) is 11.6 Å². The standard InChI is InChI=1S/C13H17ClN2O2S/c1-13(2,3)19-8-11(17)15-16-12(18)9-4-6-10(14)7-5-9/h4-7H,8H2,1-3H3,(H,15,17)(H,16,18). The molecule has 0 saturated carbocycles. The number of benzene rings is 1. The molecule has 19 heavy (non-hydrogen) atoms. The van der Waals surface area contributed by atoms with Crippen LogP contribution in [0.2, 0.25) is 5.02 Å². The smallest absolute Gasteiger partial charge is 0.269 e.